The van der Waals surface area contributed by atoms with E-state index in [9.17, 15) is 5.21 Å². The van der Waals surface area contributed by atoms with Gasteiger partial charge in [-0.05, 0) is 34.0 Å². The molecule has 0 saturated heterocycles. The Bertz CT molecular complexity index is 1110. The molecule has 0 atom stereocenters. The van der Waals surface area contributed by atoms with Crippen molar-refractivity contribution in [1.29, 1.82) is 0 Å². The van der Waals surface area contributed by atoms with Crippen LogP contribution in [-0.4, -0.2) is 4.86 Å². The number of nitrogens with zero attached hydrogens (tertiary/aromatic N) is 2. The molecule has 0 spiro atoms. The summed E-state index contributed by atoms with van der Waals surface area (Å²) in [5.74, 6) is 0. The molecule has 0 amide bonds. The lowest BCUT2D eigenvalue weighted by Crippen LogP contribution is -1.98. The van der Waals surface area contributed by atoms with Crippen molar-refractivity contribution >= 4 is 11.4 Å². The molecule has 4 aromatic rings. The summed E-state index contributed by atoms with van der Waals surface area (Å²) in [6.45, 7) is 0. The summed E-state index contributed by atoms with van der Waals surface area (Å²) in [5.41, 5.74) is 5.61. The highest BCUT2D eigenvalue weighted by atomic mass is 16.5. The summed E-state index contributed by atoms with van der Waals surface area (Å²) in [5, 5.41) is 17.4. The number of hydrogen-bond acceptors (Lipinski definition) is 2. The summed E-state index contributed by atoms with van der Waals surface area (Å²) in [6, 6.07) is 35.8. The van der Waals surface area contributed by atoms with E-state index in [1.54, 1.807) is 0 Å². The fourth-order valence-electron chi connectivity index (χ4n) is 3.39. The Hall–Kier alpha value is -3.72. The van der Waals surface area contributed by atoms with E-state index >= 15 is 0 Å². The molecule has 4 rings (SSSR count). The van der Waals surface area contributed by atoms with Crippen molar-refractivity contribution < 1.29 is 4.86 Å². The average molecular weight is 378 g/mol. The number of benzene rings is 4. The van der Waals surface area contributed by atoms with Crippen LogP contribution in [0.1, 0.15) is 22.3 Å². The molecule has 0 heterocycles. The molecule has 0 saturated carbocycles. The van der Waals surface area contributed by atoms with Crippen molar-refractivity contribution in [1.82, 2.24) is 0 Å². The first kappa shape index (κ1) is 18.6. The fourth-order valence-corrected chi connectivity index (χ4v) is 3.39. The Morgan fingerprint density at radius 2 is 1.03 bits per heavy atom. The maximum absolute atomic E-state index is 13.0. The van der Waals surface area contributed by atoms with Gasteiger partial charge in [0.25, 0.3) is 0 Å². The van der Waals surface area contributed by atoms with E-state index in [0.717, 1.165) is 28.0 Å². The summed E-state index contributed by atoms with van der Waals surface area (Å²) in [7, 11) is 0. The first-order valence-electron chi connectivity index (χ1n) is 9.72. The van der Waals surface area contributed by atoms with Gasteiger partial charge in [-0.3, -0.25) is 0 Å². The van der Waals surface area contributed by atoms with Gasteiger partial charge in [-0.25, -0.2) is 0 Å². The lowest BCUT2D eigenvalue weighted by atomic mass is 10.0. The molecule has 0 fully saturated rings. The molecule has 0 N–H and O–H groups in total. The molecule has 0 bridgehead atoms. The average Bonchev–Trinajstić information content (AvgIpc) is 2.77. The van der Waals surface area contributed by atoms with Crippen molar-refractivity contribution in [2.75, 3.05) is 0 Å². The second-order valence-electron chi connectivity index (χ2n) is 6.96. The van der Waals surface area contributed by atoms with E-state index in [1.807, 2.05) is 84.9 Å². The van der Waals surface area contributed by atoms with Crippen LogP contribution in [0.15, 0.2) is 114 Å². The summed E-state index contributed by atoms with van der Waals surface area (Å²) < 4.78 is 0. The molecule has 0 unspecified atom stereocenters. The largest absolute Gasteiger partial charge is 0.594 e. The van der Waals surface area contributed by atoms with E-state index in [-0.39, 0.29) is 0 Å². The lowest BCUT2D eigenvalue weighted by molar-refractivity contribution is -0.436. The minimum absolute atomic E-state index is 0.575. The smallest absolute Gasteiger partial charge is 0.248 e. The van der Waals surface area contributed by atoms with Crippen molar-refractivity contribution in [2.45, 2.75) is 12.8 Å². The van der Waals surface area contributed by atoms with Gasteiger partial charge in [0.05, 0.1) is 0 Å². The summed E-state index contributed by atoms with van der Waals surface area (Å²) >= 11 is 0. The first-order valence-corrected chi connectivity index (χ1v) is 9.72. The van der Waals surface area contributed by atoms with Gasteiger partial charge in [0.15, 0.2) is 0 Å². The lowest BCUT2D eigenvalue weighted by Gasteiger charge is -2.08. The van der Waals surface area contributed by atoms with Gasteiger partial charge in [0.2, 0.25) is 5.69 Å². The predicted molar refractivity (Wildman–Crippen MR) is 117 cm³/mol. The topological polar surface area (TPSA) is 38.4 Å². The standard InChI is InChI=1S/C26H22N2O/c29-28(26-18-10-8-16-24(26)20-22-13-5-2-6-14-22)27-25-17-9-7-15-23(25)19-21-11-3-1-4-12-21/h1-18H,19-20H2. The van der Waals surface area contributed by atoms with Crippen LogP contribution in [0.2, 0.25) is 0 Å². The Morgan fingerprint density at radius 3 is 1.69 bits per heavy atom. The molecule has 0 aliphatic carbocycles. The molecule has 4 aromatic carbocycles. The molecule has 0 radical (unpaired) electrons. The van der Waals surface area contributed by atoms with Gasteiger partial charge in [-0.2, -0.15) is 0 Å². The highest BCUT2D eigenvalue weighted by Gasteiger charge is 2.13. The normalized spacial score (nSPS) is 11.4. The Kier molecular flexibility index (Phi) is 5.77. The molecule has 3 nitrogen and oxygen atoms in total. The third kappa shape index (κ3) is 4.77. The fraction of sp³-hybridized carbons (Fsp3) is 0.0769. The van der Waals surface area contributed by atoms with Crippen LogP contribution < -0.4 is 0 Å². The van der Waals surface area contributed by atoms with Gasteiger partial charge >= 0.3 is 0 Å². The second kappa shape index (κ2) is 8.98. The van der Waals surface area contributed by atoms with Crippen LogP contribution in [0, 0.1) is 5.21 Å². The Morgan fingerprint density at radius 1 is 0.552 bits per heavy atom. The number of azo groups is 1. The molecular formula is C26H22N2O. The molecular weight excluding hydrogens is 356 g/mol. The monoisotopic (exact) mass is 378 g/mol. The highest BCUT2D eigenvalue weighted by molar-refractivity contribution is 5.48. The van der Waals surface area contributed by atoms with E-state index in [4.69, 9.17) is 0 Å². The van der Waals surface area contributed by atoms with Crippen molar-refractivity contribution in [3.63, 3.8) is 0 Å². The zero-order valence-corrected chi connectivity index (χ0v) is 16.1. The summed E-state index contributed by atoms with van der Waals surface area (Å²) in [4.78, 5) is 0.752. The third-order valence-corrected chi connectivity index (χ3v) is 4.86. The molecule has 0 aliphatic heterocycles. The maximum atomic E-state index is 13.0. The van der Waals surface area contributed by atoms with Crippen molar-refractivity contribution in [3.05, 3.63) is 137 Å². The van der Waals surface area contributed by atoms with E-state index in [1.165, 1.54) is 5.56 Å². The van der Waals surface area contributed by atoms with Gasteiger partial charge in [0.1, 0.15) is 5.69 Å². The molecule has 0 aliphatic rings. The van der Waals surface area contributed by atoms with Gasteiger partial charge in [0, 0.05) is 23.2 Å². The SMILES string of the molecule is [O-][N+](=Nc1ccccc1Cc1ccccc1)c1ccccc1Cc1ccccc1. The molecule has 29 heavy (non-hydrogen) atoms. The zero-order chi connectivity index (χ0) is 19.9. The first-order chi connectivity index (χ1) is 14.3. The minimum atomic E-state index is 0.575. The van der Waals surface area contributed by atoms with Gasteiger partial charge in [-0.15, -0.1) is 0 Å². The summed E-state index contributed by atoms with van der Waals surface area (Å²) in [6.07, 6.45) is 1.43. The quantitative estimate of drug-likeness (QED) is 0.207. The Labute approximate surface area is 171 Å². The highest BCUT2D eigenvalue weighted by Crippen LogP contribution is 2.27. The van der Waals surface area contributed by atoms with Crippen LogP contribution in [-0.2, 0) is 12.8 Å². The number of rotatable bonds is 6. The van der Waals surface area contributed by atoms with E-state index < -0.39 is 0 Å². The van der Waals surface area contributed by atoms with Crippen LogP contribution >= 0.6 is 0 Å². The van der Waals surface area contributed by atoms with E-state index in [0.29, 0.717) is 17.8 Å². The third-order valence-electron chi connectivity index (χ3n) is 4.86. The molecule has 0 aromatic heterocycles. The van der Waals surface area contributed by atoms with Gasteiger partial charge < -0.3 is 5.21 Å². The zero-order valence-electron chi connectivity index (χ0n) is 16.1. The van der Waals surface area contributed by atoms with Crippen molar-refractivity contribution in [3.8, 4) is 0 Å². The van der Waals surface area contributed by atoms with Crippen molar-refractivity contribution in [2.24, 2.45) is 5.11 Å². The van der Waals surface area contributed by atoms with Crippen LogP contribution in [0.3, 0.4) is 0 Å². The van der Waals surface area contributed by atoms with E-state index in [2.05, 4.69) is 29.4 Å². The van der Waals surface area contributed by atoms with Crippen LogP contribution in [0.4, 0.5) is 11.4 Å². The van der Waals surface area contributed by atoms with Gasteiger partial charge in [-0.1, -0.05) is 97.1 Å². The maximum Gasteiger partial charge on any atom is 0.248 e. The minimum Gasteiger partial charge on any atom is -0.594 e. The van der Waals surface area contributed by atoms with Crippen LogP contribution in [0.5, 0.6) is 0 Å². The predicted octanol–water partition coefficient (Wildman–Crippen LogP) is 6.79. The Balaban J connectivity index is 1.65. The molecule has 3 heteroatoms. The van der Waals surface area contributed by atoms with Crippen LogP contribution in [0.25, 0.3) is 0 Å². The number of para-hydroxylation sites is 1. The second-order valence-corrected chi connectivity index (χ2v) is 6.96. The number of hydrogen-bond donors (Lipinski definition) is 0. The molecule has 142 valence electrons.